The topological polar surface area (TPSA) is 203 Å². The zero-order valence-electron chi connectivity index (χ0n) is 15.1. The number of aliphatic hydroxyl groups is 2. The van der Waals surface area contributed by atoms with Crippen LogP contribution in [0, 0.1) is 0 Å². The molecule has 0 bridgehead atoms. The molecule has 1 aliphatic rings. The van der Waals surface area contributed by atoms with Crippen LogP contribution in [0.5, 0.6) is 0 Å². The molecular weight excluding hydrogens is 392 g/mol. The summed E-state index contributed by atoms with van der Waals surface area (Å²) in [5.74, 6) is -0.741. The average molecular weight is 416 g/mol. The van der Waals surface area contributed by atoms with Crippen LogP contribution >= 0.6 is 10.3 Å². The van der Waals surface area contributed by atoms with Gasteiger partial charge in [0.15, 0.2) is 17.7 Å². The molecule has 3 rings (SSSR count). The summed E-state index contributed by atoms with van der Waals surface area (Å²) in [7, 11) is -2.30. The van der Waals surface area contributed by atoms with Crippen molar-refractivity contribution in [1.29, 1.82) is 0 Å². The van der Waals surface area contributed by atoms with Gasteiger partial charge in [0.1, 0.15) is 30.1 Å². The van der Waals surface area contributed by atoms with Crippen LogP contribution in [0.25, 0.3) is 11.2 Å². The van der Waals surface area contributed by atoms with Crippen LogP contribution in [-0.2, 0) is 9.53 Å². The van der Waals surface area contributed by atoms with Gasteiger partial charge in [-0.3, -0.25) is 9.36 Å². The minimum absolute atomic E-state index is 0.0534. The lowest BCUT2D eigenvalue weighted by atomic mass is 10.1. The minimum Gasteiger partial charge on any atom is -0.480 e. The van der Waals surface area contributed by atoms with Gasteiger partial charge in [-0.2, -0.15) is 0 Å². The zero-order valence-corrected chi connectivity index (χ0v) is 15.9. The largest absolute Gasteiger partial charge is 0.480 e. The number of rotatable bonds is 7. The summed E-state index contributed by atoms with van der Waals surface area (Å²) in [5, 5.41) is 29.7. The number of carboxylic acids is 1. The molecule has 0 aromatic carbocycles. The number of anilines is 1. The number of hydrogen-bond acceptors (Lipinski definition) is 10. The second-order valence-electron chi connectivity index (χ2n) is 6.96. The Kier molecular flexibility index (Phi) is 5.74. The molecule has 0 spiro atoms. The predicted molar refractivity (Wildman–Crippen MR) is 102 cm³/mol. The first-order chi connectivity index (χ1) is 13.1. The third-order valence-corrected chi connectivity index (χ3v) is 6.87. The van der Waals surface area contributed by atoms with E-state index in [1.807, 2.05) is 0 Å². The van der Waals surface area contributed by atoms with E-state index in [-0.39, 0.29) is 23.7 Å². The molecule has 6 atom stereocenters. The van der Waals surface area contributed by atoms with Crippen molar-refractivity contribution in [3.05, 3.63) is 12.7 Å². The minimum atomic E-state index is -2.30. The first kappa shape index (κ1) is 20.7. The van der Waals surface area contributed by atoms with Crippen LogP contribution in [0.1, 0.15) is 12.6 Å². The highest BCUT2D eigenvalue weighted by molar-refractivity contribution is 8.28. The molecule has 3 heterocycles. The molecule has 1 fully saturated rings. The van der Waals surface area contributed by atoms with Crippen molar-refractivity contribution >= 4 is 33.3 Å². The van der Waals surface area contributed by atoms with Crippen molar-refractivity contribution in [2.45, 2.75) is 37.0 Å². The Hall–Kier alpha value is -2.03. The number of imidazole rings is 1. The fraction of sp³-hybridized carbons (Fsp3) is 0.600. The maximum absolute atomic E-state index is 10.8. The lowest BCUT2D eigenvalue weighted by molar-refractivity contribution is -0.138. The number of carbonyl (C=O) groups is 1. The third kappa shape index (κ3) is 4.04. The van der Waals surface area contributed by atoms with E-state index in [4.69, 9.17) is 21.3 Å². The molecule has 1 saturated heterocycles. The number of nitrogens with two attached hydrogens (primary N) is 2. The molecule has 2 aromatic rings. The van der Waals surface area contributed by atoms with Gasteiger partial charge in [0.25, 0.3) is 0 Å². The van der Waals surface area contributed by atoms with Gasteiger partial charge in [-0.1, -0.05) is 0 Å². The van der Waals surface area contributed by atoms with Gasteiger partial charge in [0.05, 0.1) is 12.4 Å². The summed E-state index contributed by atoms with van der Waals surface area (Å²) in [5.41, 5.74) is 11.9. The van der Waals surface area contributed by atoms with Crippen molar-refractivity contribution < 1.29 is 29.4 Å². The fourth-order valence-electron chi connectivity index (χ4n) is 3.09. The number of aliphatic carboxylic acids is 1. The lowest BCUT2D eigenvalue weighted by Gasteiger charge is -2.33. The lowest BCUT2D eigenvalue weighted by Crippen LogP contribution is -2.36. The number of ether oxygens (including phenoxy) is 1. The first-order valence-electron chi connectivity index (χ1n) is 8.50. The van der Waals surface area contributed by atoms with Crippen LogP contribution < -0.4 is 11.5 Å². The number of nitrogen functional groups attached to an aromatic ring is 1. The second kappa shape index (κ2) is 7.77. The number of fused-ring (bicyclic) bond motifs is 1. The molecular formula is C15H24N6O6S. The van der Waals surface area contributed by atoms with E-state index < -0.39 is 46.9 Å². The van der Waals surface area contributed by atoms with E-state index in [1.54, 1.807) is 6.26 Å². The molecule has 156 valence electrons. The molecule has 0 amide bonds. The summed E-state index contributed by atoms with van der Waals surface area (Å²) in [6, 6.07) is -1.07. The highest BCUT2D eigenvalue weighted by Gasteiger charge is 2.45. The smallest absolute Gasteiger partial charge is 0.320 e. The summed E-state index contributed by atoms with van der Waals surface area (Å²) in [6.07, 6.45) is -0.0594. The van der Waals surface area contributed by atoms with E-state index in [0.29, 0.717) is 11.2 Å². The van der Waals surface area contributed by atoms with Gasteiger partial charge >= 0.3 is 5.97 Å². The van der Waals surface area contributed by atoms with Gasteiger partial charge in [0, 0.05) is 11.5 Å². The Bertz CT molecular complexity index is 863. The molecule has 1 unspecified atom stereocenters. The van der Waals surface area contributed by atoms with Crippen LogP contribution in [-0.4, -0.2) is 87.5 Å². The Morgan fingerprint density at radius 1 is 1.36 bits per heavy atom. The van der Waals surface area contributed by atoms with E-state index in [1.165, 1.54) is 17.2 Å². The van der Waals surface area contributed by atoms with Gasteiger partial charge in [-0.15, -0.1) is 10.3 Å². The summed E-state index contributed by atoms with van der Waals surface area (Å²) in [4.78, 5) is 22.9. The third-order valence-electron chi connectivity index (χ3n) is 4.71. The molecule has 13 heteroatoms. The Morgan fingerprint density at radius 2 is 2.07 bits per heavy atom. The normalized spacial score (nSPS) is 29.5. The SMILES string of the molecule is CS(O)(CC[C@H](N)C(=O)O)C[C@H]1O[C@@H](n2cnc3c(N)ncnc32)[C@H](O)[C@@H]1O. The van der Waals surface area contributed by atoms with Crippen molar-refractivity contribution in [2.24, 2.45) is 5.73 Å². The van der Waals surface area contributed by atoms with Crippen molar-refractivity contribution in [3.8, 4) is 0 Å². The van der Waals surface area contributed by atoms with Crippen LogP contribution in [0.3, 0.4) is 0 Å². The van der Waals surface area contributed by atoms with Gasteiger partial charge in [-0.25, -0.2) is 15.0 Å². The molecule has 8 N–H and O–H groups in total. The Balaban J connectivity index is 1.73. The monoisotopic (exact) mass is 416 g/mol. The standard InChI is InChI=1S/C15H24N6O6S/c1-28(26,3-2-7(16)15(24)25)4-8-10(22)11(23)14(27-8)21-6-20-9-12(17)18-5-19-13(9)21/h5-8,10-11,14,22-23,26H,2-4,16H2,1H3,(H,24,25)(H2,17,18,19)/t7-,8+,10+,11+,14+/m0/s1. The van der Waals surface area contributed by atoms with Gasteiger partial charge in [-0.05, 0) is 12.7 Å². The van der Waals surface area contributed by atoms with Crippen molar-refractivity contribution in [2.75, 3.05) is 23.5 Å². The Morgan fingerprint density at radius 3 is 2.75 bits per heavy atom. The summed E-state index contributed by atoms with van der Waals surface area (Å²) >= 11 is 0. The summed E-state index contributed by atoms with van der Waals surface area (Å²) in [6.45, 7) is 0. The van der Waals surface area contributed by atoms with Gasteiger partial charge in [0.2, 0.25) is 0 Å². The van der Waals surface area contributed by atoms with Gasteiger partial charge < -0.3 is 36.1 Å². The highest BCUT2D eigenvalue weighted by atomic mass is 32.3. The van der Waals surface area contributed by atoms with Crippen molar-refractivity contribution in [1.82, 2.24) is 19.5 Å². The van der Waals surface area contributed by atoms with Crippen molar-refractivity contribution in [3.63, 3.8) is 0 Å². The molecule has 0 saturated carbocycles. The number of nitrogens with zero attached hydrogens (tertiary/aromatic N) is 4. The molecule has 2 aromatic heterocycles. The quantitative estimate of drug-likeness (QED) is 0.314. The molecule has 0 aliphatic carbocycles. The first-order valence-corrected chi connectivity index (χ1v) is 10.8. The van der Waals surface area contributed by atoms with E-state index in [2.05, 4.69) is 15.0 Å². The molecule has 0 radical (unpaired) electrons. The number of aromatic nitrogens is 4. The number of hydrogen-bond donors (Lipinski definition) is 6. The fourth-order valence-corrected chi connectivity index (χ4v) is 5.01. The second-order valence-corrected chi connectivity index (χ2v) is 10.1. The predicted octanol–water partition coefficient (Wildman–Crippen LogP) is -1.26. The average Bonchev–Trinajstić information content (AvgIpc) is 3.17. The number of aliphatic hydroxyl groups excluding tert-OH is 2. The van der Waals surface area contributed by atoms with E-state index in [0.717, 1.165) is 0 Å². The highest BCUT2D eigenvalue weighted by Crippen LogP contribution is 2.44. The molecule has 28 heavy (non-hydrogen) atoms. The van der Waals surface area contributed by atoms with E-state index in [9.17, 15) is 19.6 Å². The van der Waals surface area contributed by atoms with Crippen LogP contribution in [0.4, 0.5) is 5.82 Å². The Labute approximate surface area is 161 Å². The maximum atomic E-state index is 10.8. The molecule has 1 aliphatic heterocycles. The van der Waals surface area contributed by atoms with Crippen LogP contribution in [0.15, 0.2) is 12.7 Å². The van der Waals surface area contributed by atoms with E-state index >= 15 is 0 Å². The number of carboxylic acid groups (broad SMARTS) is 1. The maximum Gasteiger partial charge on any atom is 0.320 e. The van der Waals surface area contributed by atoms with Crippen LogP contribution in [0.2, 0.25) is 0 Å². The zero-order chi connectivity index (χ0) is 20.6. The molecule has 12 nitrogen and oxygen atoms in total. The summed E-state index contributed by atoms with van der Waals surface area (Å²) < 4.78 is 17.9.